The third kappa shape index (κ3) is 1.84. The van der Waals surface area contributed by atoms with Crippen molar-refractivity contribution >= 4 is 10.9 Å². The van der Waals surface area contributed by atoms with Crippen LogP contribution in [-0.2, 0) is 7.05 Å². The van der Waals surface area contributed by atoms with Gasteiger partial charge in [0.2, 0.25) is 0 Å². The first kappa shape index (κ1) is 11.8. The van der Waals surface area contributed by atoms with Crippen LogP contribution in [0.5, 0.6) is 0 Å². The molecule has 0 bridgehead atoms. The summed E-state index contributed by atoms with van der Waals surface area (Å²) in [6.07, 6.45) is 2.29. The number of nitrogens with one attached hydrogen (secondary N) is 1. The Morgan fingerprint density at radius 3 is 2.89 bits per heavy atom. The second-order valence-corrected chi connectivity index (χ2v) is 5.42. The molecular weight excluding hydrogens is 222 g/mol. The lowest BCUT2D eigenvalue weighted by atomic mass is 10.0. The molecule has 96 valence electrons. The molecule has 1 aromatic heterocycles. The Labute approximate surface area is 108 Å². The van der Waals surface area contributed by atoms with E-state index < -0.39 is 0 Å². The highest BCUT2D eigenvalue weighted by molar-refractivity contribution is 5.85. The average molecular weight is 243 g/mol. The number of aryl methyl sites for hydroxylation is 2. The second kappa shape index (κ2) is 4.41. The van der Waals surface area contributed by atoms with Crippen LogP contribution in [-0.4, -0.2) is 36.1 Å². The number of hydrogen-bond acceptors (Lipinski definition) is 2. The Morgan fingerprint density at radius 2 is 2.11 bits per heavy atom. The quantitative estimate of drug-likeness (QED) is 0.827. The summed E-state index contributed by atoms with van der Waals surface area (Å²) in [4.78, 5) is 2.45. The van der Waals surface area contributed by atoms with Gasteiger partial charge >= 0.3 is 0 Å². The highest BCUT2D eigenvalue weighted by Crippen LogP contribution is 2.30. The predicted octanol–water partition coefficient (Wildman–Crippen LogP) is 2.06. The molecule has 1 N–H and O–H groups in total. The van der Waals surface area contributed by atoms with Crippen molar-refractivity contribution in [3.63, 3.8) is 0 Å². The zero-order valence-corrected chi connectivity index (χ0v) is 11.4. The molecule has 2 aromatic rings. The number of rotatable bonds is 1. The fourth-order valence-electron chi connectivity index (χ4n) is 2.96. The van der Waals surface area contributed by atoms with E-state index >= 15 is 0 Å². The summed E-state index contributed by atoms with van der Waals surface area (Å²) in [7, 11) is 4.36. The Hall–Kier alpha value is -1.32. The molecule has 1 aromatic carbocycles. The van der Waals surface area contributed by atoms with Crippen molar-refractivity contribution in [3.8, 4) is 0 Å². The van der Waals surface area contributed by atoms with Crippen LogP contribution in [0.25, 0.3) is 10.9 Å². The molecule has 1 aliphatic heterocycles. The minimum atomic E-state index is 0.490. The van der Waals surface area contributed by atoms with Gasteiger partial charge in [-0.3, -0.25) is 4.90 Å². The molecule has 3 rings (SSSR count). The van der Waals surface area contributed by atoms with Crippen molar-refractivity contribution in [2.75, 3.05) is 26.7 Å². The number of nitrogens with zero attached hydrogens (tertiary/aromatic N) is 2. The van der Waals surface area contributed by atoms with Gasteiger partial charge in [-0.2, -0.15) is 0 Å². The number of benzene rings is 1. The maximum absolute atomic E-state index is 3.50. The van der Waals surface area contributed by atoms with Gasteiger partial charge in [-0.05, 0) is 31.7 Å². The zero-order valence-electron chi connectivity index (χ0n) is 11.4. The molecule has 0 spiro atoms. The van der Waals surface area contributed by atoms with E-state index in [2.05, 4.69) is 60.2 Å². The minimum Gasteiger partial charge on any atom is -0.350 e. The summed E-state index contributed by atoms with van der Waals surface area (Å²) in [5.74, 6) is 0. The number of fused-ring (bicyclic) bond motifs is 1. The SMILES string of the molecule is Cc1ccc2c(c1)c(C1CNCCN1C)cn2C. The van der Waals surface area contributed by atoms with Gasteiger partial charge in [0.1, 0.15) is 0 Å². The molecular formula is C15H21N3. The lowest BCUT2D eigenvalue weighted by molar-refractivity contribution is 0.203. The molecule has 18 heavy (non-hydrogen) atoms. The Bertz CT molecular complexity index is 570. The van der Waals surface area contributed by atoms with Crippen molar-refractivity contribution in [1.29, 1.82) is 0 Å². The fourth-order valence-corrected chi connectivity index (χ4v) is 2.96. The topological polar surface area (TPSA) is 20.2 Å². The summed E-state index contributed by atoms with van der Waals surface area (Å²) in [5, 5.41) is 4.90. The van der Waals surface area contributed by atoms with Crippen molar-refractivity contribution < 1.29 is 0 Å². The molecule has 1 unspecified atom stereocenters. The van der Waals surface area contributed by atoms with Crippen molar-refractivity contribution in [3.05, 3.63) is 35.5 Å². The Balaban J connectivity index is 2.13. The van der Waals surface area contributed by atoms with E-state index in [0.29, 0.717) is 6.04 Å². The predicted molar refractivity (Wildman–Crippen MR) is 75.9 cm³/mol. The zero-order chi connectivity index (χ0) is 12.7. The summed E-state index contributed by atoms with van der Waals surface area (Å²) >= 11 is 0. The summed E-state index contributed by atoms with van der Waals surface area (Å²) < 4.78 is 2.24. The largest absolute Gasteiger partial charge is 0.350 e. The van der Waals surface area contributed by atoms with Crippen LogP contribution in [0.4, 0.5) is 0 Å². The first-order valence-corrected chi connectivity index (χ1v) is 6.63. The number of hydrogen-bond donors (Lipinski definition) is 1. The van der Waals surface area contributed by atoms with Gasteiger partial charge in [0.05, 0.1) is 0 Å². The molecule has 1 aliphatic rings. The van der Waals surface area contributed by atoms with Crippen molar-refractivity contribution in [2.45, 2.75) is 13.0 Å². The van der Waals surface area contributed by atoms with Gasteiger partial charge in [-0.25, -0.2) is 0 Å². The molecule has 0 aliphatic carbocycles. The van der Waals surface area contributed by atoms with Crippen molar-refractivity contribution in [2.24, 2.45) is 7.05 Å². The molecule has 3 nitrogen and oxygen atoms in total. The van der Waals surface area contributed by atoms with Gasteiger partial charge < -0.3 is 9.88 Å². The molecule has 0 radical (unpaired) electrons. The third-order valence-electron chi connectivity index (χ3n) is 4.05. The van der Waals surface area contributed by atoms with E-state index in [1.165, 1.54) is 22.0 Å². The lowest BCUT2D eigenvalue weighted by Crippen LogP contribution is -2.43. The van der Waals surface area contributed by atoms with Gasteiger partial charge in [0.25, 0.3) is 0 Å². The summed E-state index contributed by atoms with van der Waals surface area (Å²) in [6.45, 7) is 5.42. The fraction of sp³-hybridized carbons (Fsp3) is 0.467. The molecule has 1 atom stereocenters. The highest BCUT2D eigenvalue weighted by atomic mass is 15.2. The van der Waals surface area contributed by atoms with E-state index in [1.807, 2.05) is 0 Å². The number of piperazine rings is 1. The van der Waals surface area contributed by atoms with Crippen LogP contribution in [0.3, 0.4) is 0 Å². The first-order valence-electron chi connectivity index (χ1n) is 6.63. The Morgan fingerprint density at radius 1 is 1.28 bits per heavy atom. The van der Waals surface area contributed by atoms with Gasteiger partial charge in [0, 0.05) is 49.8 Å². The van der Waals surface area contributed by atoms with E-state index in [-0.39, 0.29) is 0 Å². The highest BCUT2D eigenvalue weighted by Gasteiger charge is 2.23. The summed E-state index contributed by atoms with van der Waals surface area (Å²) in [6, 6.07) is 7.22. The van der Waals surface area contributed by atoms with E-state index in [0.717, 1.165) is 19.6 Å². The Kier molecular flexibility index (Phi) is 2.88. The minimum absolute atomic E-state index is 0.490. The number of likely N-dealkylation sites (N-methyl/N-ethyl adjacent to an activating group) is 1. The average Bonchev–Trinajstić information content (AvgIpc) is 2.67. The maximum Gasteiger partial charge on any atom is 0.0491 e. The van der Waals surface area contributed by atoms with Crippen LogP contribution in [0.15, 0.2) is 24.4 Å². The van der Waals surface area contributed by atoms with Gasteiger partial charge in [-0.1, -0.05) is 11.6 Å². The summed E-state index contributed by atoms with van der Waals surface area (Å²) in [5.41, 5.74) is 4.11. The van der Waals surface area contributed by atoms with Crippen LogP contribution in [0.2, 0.25) is 0 Å². The maximum atomic E-state index is 3.50. The van der Waals surface area contributed by atoms with E-state index in [4.69, 9.17) is 0 Å². The third-order valence-corrected chi connectivity index (χ3v) is 4.05. The molecule has 1 fully saturated rings. The van der Waals surface area contributed by atoms with Gasteiger partial charge in [0.15, 0.2) is 0 Å². The van der Waals surface area contributed by atoms with E-state index in [1.54, 1.807) is 0 Å². The van der Waals surface area contributed by atoms with Crippen LogP contribution in [0, 0.1) is 6.92 Å². The molecule has 1 saturated heterocycles. The molecule has 0 amide bonds. The van der Waals surface area contributed by atoms with Crippen LogP contribution < -0.4 is 5.32 Å². The van der Waals surface area contributed by atoms with Gasteiger partial charge in [-0.15, -0.1) is 0 Å². The number of aromatic nitrogens is 1. The monoisotopic (exact) mass is 243 g/mol. The van der Waals surface area contributed by atoms with Crippen LogP contribution >= 0.6 is 0 Å². The van der Waals surface area contributed by atoms with Crippen molar-refractivity contribution in [1.82, 2.24) is 14.8 Å². The standard InChI is InChI=1S/C15H21N3/c1-11-4-5-14-12(8-11)13(10-18(14)3)15-9-16-6-7-17(15)2/h4-5,8,10,15-16H,6-7,9H2,1-3H3. The lowest BCUT2D eigenvalue weighted by Gasteiger charge is -2.33. The second-order valence-electron chi connectivity index (χ2n) is 5.42. The molecule has 0 saturated carbocycles. The first-order chi connectivity index (χ1) is 8.66. The molecule has 3 heteroatoms. The van der Waals surface area contributed by atoms with E-state index in [9.17, 15) is 0 Å². The smallest absolute Gasteiger partial charge is 0.0491 e. The normalized spacial score (nSPS) is 21.6. The van der Waals surface area contributed by atoms with Crippen LogP contribution in [0.1, 0.15) is 17.2 Å². The molecule has 2 heterocycles.